The van der Waals surface area contributed by atoms with Gasteiger partial charge in [0.2, 0.25) is 10.0 Å². The van der Waals surface area contributed by atoms with Gasteiger partial charge >= 0.3 is 5.63 Å². The van der Waals surface area contributed by atoms with Gasteiger partial charge in [0.15, 0.2) is 0 Å². The average molecular weight is 405 g/mol. The van der Waals surface area contributed by atoms with Crippen LogP contribution in [0.4, 0.5) is 0 Å². The van der Waals surface area contributed by atoms with E-state index in [1.165, 1.54) is 24.3 Å². The summed E-state index contributed by atoms with van der Waals surface area (Å²) in [6, 6.07) is 26.1. The predicted molar refractivity (Wildman–Crippen MR) is 112 cm³/mol. The third kappa shape index (κ3) is 4.45. The number of hydrogen-bond donors (Lipinski definition) is 1. The molecule has 0 saturated carbocycles. The number of nitrogens with one attached hydrogen (secondary N) is 1. The summed E-state index contributed by atoms with van der Waals surface area (Å²) >= 11 is 0. The van der Waals surface area contributed by atoms with Crippen molar-refractivity contribution in [3.05, 3.63) is 113 Å². The largest absolute Gasteiger partial charge is 0.423 e. The van der Waals surface area contributed by atoms with Crippen molar-refractivity contribution in [1.82, 2.24) is 4.72 Å². The number of sulfonamides is 1. The minimum Gasteiger partial charge on any atom is -0.423 e. The Morgan fingerprint density at radius 3 is 2.24 bits per heavy atom. The Balaban J connectivity index is 1.68. The van der Waals surface area contributed by atoms with Crippen LogP contribution in [0.5, 0.6) is 0 Å². The van der Waals surface area contributed by atoms with E-state index in [-0.39, 0.29) is 4.90 Å². The molecule has 1 unspecified atom stereocenters. The Morgan fingerprint density at radius 2 is 1.52 bits per heavy atom. The lowest BCUT2D eigenvalue weighted by Gasteiger charge is -2.20. The summed E-state index contributed by atoms with van der Waals surface area (Å²) in [4.78, 5) is 11.5. The highest BCUT2D eigenvalue weighted by molar-refractivity contribution is 7.89. The van der Waals surface area contributed by atoms with Gasteiger partial charge < -0.3 is 4.42 Å². The molecule has 0 fully saturated rings. The summed E-state index contributed by atoms with van der Waals surface area (Å²) in [5.41, 5.74) is 1.79. The average Bonchev–Trinajstić information content (AvgIpc) is 2.74. The molecule has 0 radical (unpaired) electrons. The van der Waals surface area contributed by atoms with Crippen molar-refractivity contribution in [3.8, 4) is 0 Å². The second kappa shape index (κ2) is 8.03. The normalized spacial score (nSPS) is 12.7. The van der Waals surface area contributed by atoms with Crippen molar-refractivity contribution in [2.75, 3.05) is 0 Å². The Hall–Kier alpha value is -3.22. The van der Waals surface area contributed by atoms with E-state index >= 15 is 0 Å². The van der Waals surface area contributed by atoms with E-state index in [1.54, 1.807) is 6.07 Å². The van der Waals surface area contributed by atoms with Crippen molar-refractivity contribution in [2.45, 2.75) is 17.4 Å². The molecule has 4 aromatic rings. The molecule has 0 aliphatic heterocycles. The zero-order chi connectivity index (χ0) is 20.3. The van der Waals surface area contributed by atoms with E-state index in [2.05, 4.69) is 4.72 Å². The molecule has 3 aromatic carbocycles. The standard InChI is InChI=1S/C23H19NO4S/c25-23-14-11-19-16-20(12-13-22(19)28-23)29(26,27)24-21(18-9-5-2-6-10-18)15-17-7-3-1-4-8-17/h1-14,16,21,24H,15H2. The molecule has 0 saturated heterocycles. The van der Waals surface area contributed by atoms with Crippen molar-refractivity contribution >= 4 is 21.0 Å². The molecule has 0 amide bonds. The van der Waals surface area contributed by atoms with Gasteiger partial charge in [-0.3, -0.25) is 0 Å². The molecule has 4 rings (SSSR count). The highest BCUT2D eigenvalue weighted by atomic mass is 32.2. The van der Waals surface area contributed by atoms with Gasteiger partial charge in [-0.25, -0.2) is 17.9 Å². The van der Waals surface area contributed by atoms with Gasteiger partial charge in [0, 0.05) is 11.5 Å². The zero-order valence-electron chi connectivity index (χ0n) is 15.5. The molecule has 0 spiro atoms. The van der Waals surface area contributed by atoms with Crippen LogP contribution in [0.1, 0.15) is 17.2 Å². The highest BCUT2D eigenvalue weighted by Gasteiger charge is 2.22. The summed E-state index contributed by atoms with van der Waals surface area (Å²) in [5, 5.41) is 0.548. The molecule has 29 heavy (non-hydrogen) atoms. The Bertz CT molecular complexity index is 1280. The van der Waals surface area contributed by atoms with Gasteiger partial charge in [-0.2, -0.15) is 0 Å². The van der Waals surface area contributed by atoms with Crippen molar-refractivity contribution in [3.63, 3.8) is 0 Å². The quantitative estimate of drug-likeness (QED) is 0.491. The first-order chi connectivity index (χ1) is 14.0. The lowest BCUT2D eigenvalue weighted by molar-refractivity contribution is 0.554. The van der Waals surface area contributed by atoms with Gasteiger partial charge in [0.05, 0.1) is 10.9 Å². The number of fused-ring (bicyclic) bond motifs is 1. The summed E-state index contributed by atoms with van der Waals surface area (Å²) in [7, 11) is -3.80. The fraction of sp³-hybridized carbons (Fsp3) is 0.0870. The Morgan fingerprint density at radius 1 is 0.828 bits per heavy atom. The third-order valence-corrected chi connectivity index (χ3v) is 6.15. The van der Waals surface area contributed by atoms with Crippen LogP contribution >= 0.6 is 0 Å². The van der Waals surface area contributed by atoms with Gasteiger partial charge in [-0.15, -0.1) is 0 Å². The van der Waals surface area contributed by atoms with Gasteiger partial charge in [0.25, 0.3) is 0 Å². The first-order valence-corrected chi connectivity index (χ1v) is 10.6. The molecule has 1 N–H and O–H groups in total. The lowest BCUT2D eigenvalue weighted by atomic mass is 10.00. The molecule has 6 heteroatoms. The van der Waals surface area contributed by atoms with Crippen LogP contribution < -0.4 is 10.3 Å². The van der Waals surface area contributed by atoms with E-state index in [0.717, 1.165) is 11.1 Å². The van der Waals surface area contributed by atoms with Crippen molar-refractivity contribution in [2.24, 2.45) is 0 Å². The minimum atomic E-state index is -3.80. The fourth-order valence-corrected chi connectivity index (χ4v) is 4.49. The monoisotopic (exact) mass is 405 g/mol. The molecular formula is C23H19NO4S. The van der Waals surface area contributed by atoms with Crippen LogP contribution in [-0.4, -0.2) is 8.42 Å². The van der Waals surface area contributed by atoms with Crippen LogP contribution in [-0.2, 0) is 16.4 Å². The molecule has 1 aromatic heterocycles. The maximum atomic E-state index is 13.1. The second-order valence-electron chi connectivity index (χ2n) is 6.73. The fourth-order valence-electron chi connectivity index (χ4n) is 3.24. The smallest absolute Gasteiger partial charge is 0.336 e. The van der Waals surface area contributed by atoms with Crippen LogP contribution in [0.25, 0.3) is 11.0 Å². The Labute approximate surface area is 168 Å². The number of hydrogen-bond acceptors (Lipinski definition) is 4. The molecule has 1 heterocycles. The first kappa shape index (κ1) is 19.1. The van der Waals surface area contributed by atoms with Gasteiger partial charge in [-0.05, 0) is 41.8 Å². The van der Waals surface area contributed by atoms with Crippen molar-refractivity contribution in [1.29, 1.82) is 0 Å². The van der Waals surface area contributed by atoms with Crippen LogP contribution in [0.15, 0.2) is 105 Å². The molecule has 0 aliphatic rings. The highest BCUT2D eigenvalue weighted by Crippen LogP contribution is 2.23. The molecule has 5 nitrogen and oxygen atoms in total. The van der Waals surface area contributed by atoms with Gasteiger partial charge in [0.1, 0.15) is 5.58 Å². The summed E-state index contributed by atoms with van der Waals surface area (Å²) in [6.07, 6.45) is 0.520. The van der Waals surface area contributed by atoms with E-state index in [4.69, 9.17) is 4.42 Å². The maximum absolute atomic E-state index is 13.1. The van der Waals surface area contributed by atoms with Crippen molar-refractivity contribution < 1.29 is 12.8 Å². The molecule has 0 aliphatic carbocycles. The summed E-state index contributed by atoms with van der Waals surface area (Å²) < 4.78 is 34.1. The SMILES string of the molecule is O=c1ccc2cc(S(=O)(=O)NC(Cc3ccccc3)c3ccccc3)ccc2o1. The van der Waals surface area contributed by atoms with E-state index in [1.807, 2.05) is 60.7 Å². The predicted octanol–water partition coefficient (Wildman–Crippen LogP) is 4.06. The maximum Gasteiger partial charge on any atom is 0.336 e. The second-order valence-corrected chi connectivity index (χ2v) is 8.44. The minimum absolute atomic E-state index is 0.118. The molecule has 0 bridgehead atoms. The first-order valence-electron chi connectivity index (χ1n) is 9.16. The number of benzene rings is 3. The van der Waals surface area contributed by atoms with Crippen LogP contribution in [0.3, 0.4) is 0 Å². The lowest BCUT2D eigenvalue weighted by Crippen LogP contribution is -2.30. The van der Waals surface area contributed by atoms with Crippen LogP contribution in [0.2, 0.25) is 0 Å². The molecule has 1 atom stereocenters. The Kier molecular flexibility index (Phi) is 5.29. The van der Waals surface area contributed by atoms with Gasteiger partial charge in [-0.1, -0.05) is 60.7 Å². The topological polar surface area (TPSA) is 76.4 Å². The van der Waals surface area contributed by atoms with E-state index in [9.17, 15) is 13.2 Å². The summed E-state index contributed by atoms with van der Waals surface area (Å²) in [5.74, 6) is 0. The van der Waals surface area contributed by atoms with Crippen LogP contribution in [0, 0.1) is 0 Å². The summed E-state index contributed by atoms with van der Waals surface area (Å²) in [6.45, 7) is 0. The van der Waals surface area contributed by atoms with E-state index < -0.39 is 21.7 Å². The third-order valence-electron chi connectivity index (χ3n) is 4.68. The number of rotatable bonds is 6. The molecule has 146 valence electrons. The zero-order valence-corrected chi connectivity index (χ0v) is 16.3. The molecular weight excluding hydrogens is 386 g/mol. The van der Waals surface area contributed by atoms with E-state index in [0.29, 0.717) is 17.4 Å².